The van der Waals surface area contributed by atoms with Gasteiger partial charge in [-0.2, -0.15) is 0 Å². The minimum atomic E-state index is -0.0728. The smallest absolute Gasteiger partial charge is 0.258 e. The number of amides is 2. The van der Waals surface area contributed by atoms with Crippen molar-refractivity contribution in [2.45, 2.75) is 25.8 Å². The highest BCUT2D eigenvalue weighted by Crippen LogP contribution is 2.33. The highest BCUT2D eigenvalue weighted by Gasteiger charge is 2.28. The molecule has 2 aliphatic rings. The minimum Gasteiger partial charge on any atom is -0.497 e. The molecular weight excluding hydrogens is 474 g/mol. The van der Waals surface area contributed by atoms with E-state index in [0.29, 0.717) is 17.9 Å². The Morgan fingerprint density at radius 2 is 1.81 bits per heavy atom. The van der Waals surface area contributed by atoms with Crippen LogP contribution in [0.5, 0.6) is 5.75 Å². The number of piperidine rings is 1. The summed E-state index contributed by atoms with van der Waals surface area (Å²) in [6.45, 7) is 3.14. The molecule has 1 saturated heterocycles. The summed E-state index contributed by atoms with van der Waals surface area (Å²) < 4.78 is 5.20. The maximum atomic E-state index is 13.2. The number of halogens is 1. The summed E-state index contributed by atoms with van der Waals surface area (Å²) >= 11 is 6.01. The van der Waals surface area contributed by atoms with Gasteiger partial charge in [-0.1, -0.05) is 29.8 Å². The second-order valence-corrected chi connectivity index (χ2v) is 9.91. The topological polar surface area (TPSA) is 61.9 Å². The first kappa shape index (κ1) is 24.3. The fourth-order valence-electron chi connectivity index (χ4n) is 5.06. The first-order valence-corrected chi connectivity index (χ1v) is 12.7. The second-order valence-electron chi connectivity index (χ2n) is 9.47. The van der Waals surface area contributed by atoms with Crippen LogP contribution in [0.4, 0.5) is 11.4 Å². The number of nitrogens with one attached hydrogen (secondary N) is 1. The largest absolute Gasteiger partial charge is 0.497 e. The van der Waals surface area contributed by atoms with Gasteiger partial charge in [-0.3, -0.25) is 14.5 Å². The van der Waals surface area contributed by atoms with Gasteiger partial charge in [-0.05, 0) is 85.5 Å². The Balaban J connectivity index is 1.24. The molecule has 186 valence electrons. The van der Waals surface area contributed by atoms with Gasteiger partial charge in [-0.25, -0.2) is 0 Å². The molecule has 0 unspecified atom stereocenters. The predicted octanol–water partition coefficient (Wildman–Crippen LogP) is 5.40. The third kappa shape index (κ3) is 5.40. The molecule has 36 heavy (non-hydrogen) atoms. The molecule has 7 heteroatoms. The van der Waals surface area contributed by atoms with Crippen LogP contribution in [-0.2, 0) is 17.8 Å². The Kier molecular flexibility index (Phi) is 7.25. The summed E-state index contributed by atoms with van der Waals surface area (Å²) in [6, 6.07) is 20.9. The fourth-order valence-corrected chi connectivity index (χ4v) is 5.19. The first-order chi connectivity index (χ1) is 17.5. The Morgan fingerprint density at radius 1 is 1.03 bits per heavy atom. The summed E-state index contributed by atoms with van der Waals surface area (Å²) in [5.74, 6) is 0.621. The van der Waals surface area contributed by atoms with Crippen LogP contribution >= 0.6 is 11.6 Å². The van der Waals surface area contributed by atoms with Crippen molar-refractivity contribution in [2.75, 3.05) is 37.0 Å². The number of nitrogens with zero attached hydrogens (tertiary/aromatic N) is 2. The molecule has 2 heterocycles. The van der Waals surface area contributed by atoms with Crippen LogP contribution < -0.4 is 15.0 Å². The zero-order chi connectivity index (χ0) is 25.1. The molecule has 0 saturated carbocycles. The van der Waals surface area contributed by atoms with E-state index in [4.69, 9.17) is 16.3 Å². The van der Waals surface area contributed by atoms with Crippen LogP contribution in [0.2, 0.25) is 5.02 Å². The molecule has 0 bridgehead atoms. The van der Waals surface area contributed by atoms with Crippen molar-refractivity contribution in [1.29, 1.82) is 0 Å². The molecule has 1 fully saturated rings. The van der Waals surface area contributed by atoms with Gasteiger partial charge >= 0.3 is 0 Å². The number of hydrogen-bond acceptors (Lipinski definition) is 4. The Morgan fingerprint density at radius 3 is 2.56 bits per heavy atom. The first-order valence-electron chi connectivity index (χ1n) is 12.4. The van der Waals surface area contributed by atoms with Crippen molar-refractivity contribution in [3.63, 3.8) is 0 Å². The predicted molar refractivity (Wildman–Crippen MR) is 143 cm³/mol. The molecule has 6 nitrogen and oxygen atoms in total. The van der Waals surface area contributed by atoms with E-state index < -0.39 is 0 Å². The van der Waals surface area contributed by atoms with Crippen molar-refractivity contribution in [1.82, 2.24) is 4.90 Å². The van der Waals surface area contributed by atoms with Gasteiger partial charge in [0.05, 0.1) is 13.0 Å². The van der Waals surface area contributed by atoms with Crippen molar-refractivity contribution in [3.05, 3.63) is 88.4 Å². The van der Waals surface area contributed by atoms with Gasteiger partial charge < -0.3 is 15.0 Å². The molecule has 2 aliphatic heterocycles. The zero-order valence-corrected chi connectivity index (χ0v) is 21.1. The van der Waals surface area contributed by atoms with E-state index in [1.54, 1.807) is 36.3 Å². The fraction of sp³-hybridized carbons (Fsp3) is 0.310. The highest BCUT2D eigenvalue weighted by atomic mass is 35.5. The molecule has 0 radical (unpaired) electrons. The number of hydrogen-bond donors (Lipinski definition) is 1. The van der Waals surface area contributed by atoms with E-state index in [1.165, 1.54) is 5.56 Å². The zero-order valence-electron chi connectivity index (χ0n) is 20.4. The Hall–Kier alpha value is -3.35. The van der Waals surface area contributed by atoms with Crippen LogP contribution in [0.1, 0.15) is 34.3 Å². The molecule has 0 spiro atoms. The molecule has 5 rings (SSSR count). The molecule has 3 aromatic carbocycles. The Bertz CT molecular complexity index is 1240. The maximum Gasteiger partial charge on any atom is 0.258 e. The summed E-state index contributed by atoms with van der Waals surface area (Å²) in [7, 11) is 1.61. The number of methoxy groups -OCH3 is 1. The number of ether oxygens (including phenoxy) is 1. The molecule has 1 atom stereocenters. The van der Waals surface area contributed by atoms with Gasteiger partial charge in [-0.15, -0.1) is 0 Å². The number of carbonyl (C=O) groups excluding carboxylic acids is 2. The lowest BCUT2D eigenvalue weighted by molar-refractivity contribution is -0.121. The van der Waals surface area contributed by atoms with Crippen LogP contribution in [0.25, 0.3) is 0 Å². The van der Waals surface area contributed by atoms with Crippen molar-refractivity contribution in [3.8, 4) is 5.75 Å². The monoisotopic (exact) mass is 503 g/mol. The van der Waals surface area contributed by atoms with E-state index in [0.717, 1.165) is 60.9 Å². The normalized spacial score (nSPS) is 17.5. The molecule has 1 N–H and O–H groups in total. The number of carbonyl (C=O) groups is 2. The van der Waals surface area contributed by atoms with E-state index in [-0.39, 0.29) is 17.7 Å². The summed E-state index contributed by atoms with van der Waals surface area (Å²) in [4.78, 5) is 30.5. The van der Waals surface area contributed by atoms with Gasteiger partial charge in [0.1, 0.15) is 5.75 Å². The molecule has 2 amide bonds. The number of fused-ring (bicyclic) bond motifs is 1. The number of anilines is 2. The highest BCUT2D eigenvalue weighted by molar-refractivity contribution is 6.30. The van der Waals surface area contributed by atoms with E-state index >= 15 is 0 Å². The number of likely N-dealkylation sites (tertiary alicyclic amines) is 1. The van der Waals surface area contributed by atoms with Crippen LogP contribution in [-0.4, -0.2) is 43.5 Å². The van der Waals surface area contributed by atoms with E-state index in [9.17, 15) is 9.59 Å². The van der Waals surface area contributed by atoms with Gasteiger partial charge in [0.2, 0.25) is 5.91 Å². The van der Waals surface area contributed by atoms with Crippen molar-refractivity contribution < 1.29 is 14.3 Å². The molecule has 0 aromatic heterocycles. The van der Waals surface area contributed by atoms with Crippen LogP contribution in [0.3, 0.4) is 0 Å². The van der Waals surface area contributed by atoms with Crippen LogP contribution in [0, 0.1) is 5.92 Å². The third-order valence-electron chi connectivity index (χ3n) is 7.03. The SMILES string of the molecule is COc1ccc(C(=O)N2CCc3ccc(NC(=O)[C@H]4CCCN(Cc5ccc(Cl)cc5)C4)cc32)cc1. The summed E-state index contributed by atoms with van der Waals surface area (Å²) in [5, 5.41) is 3.84. The lowest BCUT2D eigenvalue weighted by Gasteiger charge is -2.32. The van der Waals surface area contributed by atoms with E-state index in [1.807, 2.05) is 42.5 Å². The van der Waals surface area contributed by atoms with Gasteiger partial charge in [0, 0.05) is 41.6 Å². The molecule has 0 aliphatic carbocycles. The third-order valence-corrected chi connectivity index (χ3v) is 7.28. The standard InChI is InChI=1S/C29H30ClN3O3/c1-36-26-12-7-22(8-13-26)29(35)33-16-14-21-6-11-25(17-27(21)33)31-28(34)23-3-2-15-32(19-23)18-20-4-9-24(30)10-5-20/h4-13,17,23H,2-3,14-16,18-19H2,1H3,(H,31,34)/t23-/m0/s1. The van der Waals surface area contributed by atoms with Crippen LogP contribution in [0.15, 0.2) is 66.7 Å². The van der Waals surface area contributed by atoms with Gasteiger partial charge in [0.25, 0.3) is 5.91 Å². The minimum absolute atomic E-state index is 0.0294. The Labute approximate surface area is 216 Å². The lowest BCUT2D eigenvalue weighted by atomic mass is 9.96. The van der Waals surface area contributed by atoms with Crippen molar-refractivity contribution in [2.24, 2.45) is 5.92 Å². The quantitative estimate of drug-likeness (QED) is 0.489. The summed E-state index contributed by atoms with van der Waals surface area (Å²) in [5.41, 5.74) is 4.51. The molecule has 3 aromatic rings. The lowest BCUT2D eigenvalue weighted by Crippen LogP contribution is -2.40. The number of benzene rings is 3. The average Bonchev–Trinajstić information content (AvgIpc) is 3.33. The summed E-state index contributed by atoms with van der Waals surface area (Å²) in [6.07, 6.45) is 2.66. The molecular formula is C29H30ClN3O3. The second kappa shape index (κ2) is 10.7. The number of rotatable bonds is 6. The average molecular weight is 504 g/mol. The maximum absolute atomic E-state index is 13.2. The van der Waals surface area contributed by atoms with Crippen molar-refractivity contribution >= 4 is 34.8 Å². The van der Waals surface area contributed by atoms with Gasteiger partial charge in [0.15, 0.2) is 0 Å². The van der Waals surface area contributed by atoms with E-state index in [2.05, 4.69) is 10.2 Å².